The van der Waals surface area contributed by atoms with Gasteiger partial charge in [0.15, 0.2) is 5.78 Å². The molecule has 3 heteroatoms. The van der Waals surface area contributed by atoms with Crippen molar-refractivity contribution in [3.05, 3.63) is 22.4 Å². The van der Waals surface area contributed by atoms with Gasteiger partial charge in [-0.3, -0.25) is 4.79 Å². The van der Waals surface area contributed by atoms with E-state index in [1.807, 2.05) is 17.5 Å². The first-order valence-electron chi connectivity index (χ1n) is 5.55. The lowest BCUT2D eigenvalue weighted by atomic mass is 9.78. The molecule has 1 aromatic rings. The molecule has 15 heavy (non-hydrogen) atoms. The van der Waals surface area contributed by atoms with E-state index in [9.17, 15) is 4.79 Å². The number of ketones is 1. The summed E-state index contributed by atoms with van der Waals surface area (Å²) in [6, 6.07) is 3.99. The number of Topliss-reactive ketones (excluding diaryl/α,β-unsaturated/α-hetero) is 1. The SMILES string of the molecule is NC1(C(=O)Cc2cccs2)CCCCC1. The number of carbonyl (C=O) groups excluding carboxylic acids is 1. The fourth-order valence-electron chi connectivity index (χ4n) is 2.21. The first kappa shape index (κ1) is 10.8. The molecule has 1 heterocycles. The second kappa shape index (κ2) is 4.45. The summed E-state index contributed by atoms with van der Waals surface area (Å²) < 4.78 is 0. The fraction of sp³-hybridized carbons (Fsp3) is 0.583. The van der Waals surface area contributed by atoms with Crippen LogP contribution in [0.2, 0.25) is 0 Å². The third-order valence-electron chi connectivity index (χ3n) is 3.22. The molecule has 1 aromatic heterocycles. The summed E-state index contributed by atoms with van der Waals surface area (Å²) in [5.74, 6) is 0.227. The van der Waals surface area contributed by atoms with E-state index in [2.05, 4.69) is 0 Å². The third kappa shape index (κ3) is 2.47. The molecular weight excluding hydrogens is 206 g/mol. The number of thiophene rings is 1. The summed E-state index contributed by atoms with van der Waals surface area (Å²) in [7, 11) is 0. The molecule has 0 saturated heterocycles. The highest BCUT2D eigenvalue weighted by Gasteiger charge is 2.34. The Balaban J connectivity index is 2.00. The Hall–Kier alpha value is -0.670. The molecule has 0 amide bonds. The Bertz CT molecular complexity index is 325. The molecule has 0 atom stereocenters. The van der Waals surface area contributed by atoms with Crippen LogP contribution in [0.15, 0.2) is 17.5 Å². The van der Waals surface area contributed by atoms with Gasteiger partial charge in [-0.1, -0.05) is 25.3 Å². The lowest BCUT2D eigenvalue weighted by Gasteiger charge is -2.31. The van der Waals surface area contributed by atoms with Gasteiger partial charge >= 0.3 is 0 Å². The van der Waals surface area contributed by atoms with E-state index in [1.165, 1.54) is 6.42 Å². The van der Waals surface area contributed by atoms with E-state index in [-0.39, 0.29) is 5.78 Å². The van der Waals surface area contributed by atoms with Crippen molar-refractivity contribution in [2.75, 3.05) is 0 Å². The molecule has 1 aliphatic carbocycles. The van der Waals surface area contributed by atoms with Crippen LogP contribution in [0.4, 0.5) is 0 Å². The van der Waals surface area contributed by atoms with Gasteiger partial charge in [-0.2, -0.15) is 0 Å². The Morgan fingerprint density at radius 3 is 2.73 bits per heavy atom. The number of hydrogen-bond donors (Lipinski definition) is 1. The maximum atomic E-state index is 12.1. The van der Waals surface area contributed by atoms with Gasteiger partial charge in [0, 0.05) is 11.3 Å². The molecular formula is C12H17NOS. The van der Waals surface area contributed by atoms with E-state index >= 15 is 0 Å². The zero-order valence-electron chi connectivity index (χ0n) is 8.87. The zero-order valence-corrected chi connectivity index (χ0v) is 9.69. The summed E-state index contributed by atoms with van der Waals surface area (Å²) in [5.41, 5.74) is 5.65. The van der Waals surface area contributed by atoms with Gasteiger partial charge in [-0.05, 0) is 24.3 Å². The number of carbonyl (C=O) groups is 1. The van der Waals surface area contributed by atoms with Crippen LogP contribution in [0.25, 0.3) is 0 Å². The topological polar surface area (TPSA) is 43.1 Å². The lowest BCUT2D eigenvalue weighted by Crippen LogP contribution is -2.50. The summed E-state index contributed by atoms with van der Waals surface area (Å²) in [6.45, 7) is 0. The molecule has 0 unspecified atom stereocenters. The van der Waals surface area contributed by atoms with Gasteiger partial charge in [0.1, 0.15) is 0 Å². The molecule has 0 aliphatic heterocycles. The average molecular weight is 223 g/mol. The van der Waals surface area contributed by atoms with Crippen molar-refractivity contribution in [3.8, 4) is 0 Å². The summed E-state index contributed by atoms with van der Waals surface area (Å²) in [4.78, 5) is 13.2. The van der Waals surface area contributed by atoms with Crippen LogP contribution in [0.5, 0.6) is 0 Å². The molecule has 0 aromatic carbocycles. The molecule has 1 fully saturated rings. The van der Waals surface area contributed by atoms with Crippen LogP contribution in [-0.4, -0.2) is 11.3 Å². The summed E-state index contributed by atoms with van der Waals surface area (Å²) in [5, 5.41) is 2.01. The van der Waals surface area contributed by atoms with E-state index in [1.54, 1.807) is 11.3 Å². The highest BCUT2D eigenvalue weighted by atomic mass is 32.1. The molecule has 0 spiro atoms. The van der Waals surface area contributed by atoms with Gasteiger partial charge in [-0.15, -0.1) is 11.3 Å². The minimum Gasteiger partial charge on any atom is -0.319 e. The van der Waals surface area contributed by atoms with Crippen molar-refractivity contribution in [3.63, 3.8) is 0 Å². The second-order valence-corrected chi connectivity index (χ2v) is 5.43. The molecule has 1 saturated carbocycles. The van der Waals surface area contributed by atoms with Crippen molar-refractivity contribution in [2.45, 2.75) is 44.1 Å². The van der Waals surface area contributed by atoms with Crippen molar-refractivity contribution < 1.29 is 4.79 Å². The fourth-order valence-corrected chi connectivity index (χ4v) is 2.91. The summed E-state index contributed by atoms with van der Waals surface area (Å²) >= 11 is 1.64. The zero-order chi connectivity index (χ0) is 10.7. The molecule has 0 bridgehead atoms. The quantitative estimate of drug-likeness (QED) is 0.855. The Morgan fingerprint density at radius 2 is 2.13 bits per heavy atom. The Labute approximate surface area is 94.5 Å². The van der Waals surface area contributed by atoms with Gasteiger partial charge in [0.05, 0.1) is 5.54 Å². The first-order valence-corrected chi connectivity index (χ1v) is 6.43. The van der Waals surface area contributed by atoms with Crippen LogP contribution in [-0.2, 0) is 11.2 Å². The average Bonchev–Trinajstić information content (AvgIpc) is 2.71. The van der Waals surface area contributed by atoms with Crippen LogP contribution in [0, 0.1) is 0 Å². The third-order valence-corrected chi connectivity index (χ3v) is 4.09. The highest BCUT2D eigenvalue weighted by Crippen LogP contribution is 2.28. The maximum Gasteiger partial charge on any atom is 0.157 e. The predicted molar refractivity (Wildman–Crippen MR) is 63.0 cm³/mol. The van der Waals surface area contributed by atoms with Gasteiger partial charge in [-0.25, -0.2) is 0 Å². The molecule has 2 N–H and O–H groups in total. The minimum atomic E-state index is -0.526. The second-order valence-electron chi connectivity index (χ2n) is 4.40. The summed E-state index contributed by atoms with van der Waals surface area (Å²) in [6.07, 6.45) is 5.70. The van der Waals surface area contributed by atoms with Crippen molar-refractivity contribution in [2.24, 2.45) is 5.73 Å². The maximum absolute atomic E-state index is 12.1. The van der Waals surface area contributed by atoms with Crippen LogP contribution >= 0.6 is 11.3 Å². The van der Waals surface area contributed by atoms with Crippen LogP contribution < -0.4 is 5.73 Å². The van der Waals surface area contributed by atoms with Crippen molar-refractivity contribution in [1.29, 1.82) is 0 Å². The highest BCUT2D eigenvalue weighted by molar-refractivity contribution is 7.10. The Morgan fingerprint density at radius 1 is 1.40 bits per heavy atom. The molecule has 2 rings (SSSR count). The van der Waals surface area contributed by atoms with E-state index in [0.29, 0.717) is 6.42 Å². The first-order chi connectivity index (χ1) is 7.21. The van der Waals surface area contributed by atoms with E-state index in [0.717, 1.165) is 30.6 Å². The minimum absolute atomic E-state index is 0.227. The van der Waals surface area contributed by atoms with E-state index < -0.39 is 5.54 Å². The standard InChI is InChI=1S/C12H17NOS/c13-12(6-2-1-3-7-12)11(14)9-10-5-4-8-15-10/h4-5,8H,1-3,6-7,9,13H2. The normalized spacial score (nSPS) is 20.1. The largest absolute Gasteiger partial charge is 0.319 e. The van der Waals surface area contributed by atoms with Crippen LogP contribution in [0.3, 0.4) is 0 Å². The number of hydrogen-bond acceptors (Lipinski definition) is 3. The number of rotatable bonds is 3. The lowest BCUT2D eigenvalue weighted by molar-refractivity contribution is -0.124. The van der Waals surface area contributed by atoms with Gasteiger partial charge in [0.25, 0.3) is 0 Å². The smallest absolute Gasteiger partial charge is 0.157 e. The van der Waals surface area contributed by atoms with Gasteiger partial charge < -0.3 is 5.73 Å². The van der Waals surface area contributed by atoms with Crippen LogP contribution in [0.1, 0.15) is 37.0 Å². The van der Waals surface area contributed by atoms with Gasteiger partial charge in [0.2, 0.25) is 0 Å². The molecule has 0 radical (unpaired) electrons. The monoisotopic (exact) mass is 223 g/mol. The molecule has 2 nitrogen and oxygen atoms in total. The van der Waals surface area contributed by atoms with E-state index in [4.69, 9.17) is 5.73 Å². The molecule has 1 aliphatic rings. The van der Waals surface area contributed by atoms with Crippen molar-refractivity contribution in [1.82, 2.24) is 0 Å². The number of nitrogens with two attached hydrogens (primary N) is 1. The molecule has 82 valence electrons. The predicted octanol–water partition coefficient (Wildman–Crippen LogP) is 2.52. The van der Waals surface area contributed by atoms with Crippen molar-refractivity contribution >= 4 is 17.1 Å². The Kier molecular flexibility index (Phi) is 3.22.